The van der Waals surface area contributed by atoms with Gasteiger partial charge in [-0.15, -0.1) is 0 Å². The van der Waals surface area contributed by atoms with Crippen molar-refractivity contribution in [2.75, 3.05) is 13.1 Å². The zero-order valence-electron chi connectivity index (χ0n) is 12.3. The van der Waals surface area contributed by atoms with Gasteiger partial charge in [-0.25, -0.2) is 4.98 Å². The standard InChI is InChI=1S/C14H17F3N2O3/c1-13(2)6-19(5-9(22-13)14(15,16)17)12(20)11-10(8-3-4-8)18-7-21-11/h7-9H,3-6H2,1-2H3. The summed E-state index contributed by atoms with van der Waals surface area (Å²) in [7, 11) is 0. The third-order valence-electron chi connectivity index (χ3n) is 3.82. The first-order chi connectivity index (χ1) is 10.2. The third kappa shape index (κ3) is 2.97. The molecule has 8 heteroatoms. The number of amides is 1. The van der Waals surface area contributed by atoms with Gasteiger partial charge in [0.25, 0.3) is 5.91 Å². The second kappa shape index (κ2) is 4.97. The van der Waals surface area contributed by atoms with Crippen molar-refractivity contribution in [1.29, 1.82) is 0 Å². The number of morpholine rings is 1. The molecule has 0 radical (unpaired) electrons. The predicted octanol–water partition coefficient (Wildman–Crippen LogP) is 2.73. The van der Waals surface area contributed by atoms with Crippen LogP contribution in [0, 0.1) is 0 Å². The van der Waals surface area contributed by atoms with Crippen LogP contribution in [0.25, 0.3) is 0 Å². The molecule has 0 aromatic carbocycles. The summed E-state index contributed by atoms with van der Waals surface area (Å²) in [6, 6.07) is 0. The Labute approximate surface area is 125 Å². The number of oxazole rings is 1. The van der Waals surface area contributed by atoms with E-state index in [-0.39, 0.29) is 18.2 Å². The van der Waals surface area contributed by atoms with E-state index < -0.39 is 30.3 Å². The molecule has 1 atom stereocenters. The van der Waals surface area contributed by atoms with Crippen LogP contribution < -0.4 is 0 Å². The Kier molecular flexibility index (Phi) is 3.47. The molecule has 5 nitrogen and oxygen atoms in total. The second-order valence-electron chi connectivity index (χ2n) is 6.43. The molecule has 2 aliphatic rings. The Morgan fingerprint density at radius 1 is 1.41 bits per heavy atom. The maximum atomic E-state index is 13.0. The van der Waals surface area contributed by atoms with Crippen LogP contribution in [0.2, 0.25) is 0 Å². The number of nitrogens with zero attached hydrogens (tertiary/aromatic N) is 2. The number of hydrogen-bond donors (Lipinski definition) is 0. The smallest absolute Gasteiger partial charge is 0.416 e. The molecule has 0 N–H and O–H groups in total. The van der Waals surface area contributed by atoms with Crippen molar-refractivity contribution in [1.82, 2.24) is 9.88 Å². The summed E-state index contributed by atoms with van der Waals surface area (Å²) in [5.74, 6) is -0.309. The monoisotopic (exact) mass is 318 g/mol. The van der Waals surface area contributed by atoms with E-state index in [0.29, 0.717) is 5.69 Å². The van der Waals surface area contributed by atoms with Crippen LogP contribution in [0.5, 0.6) is 0 Å². The second-order valence-corrected chi connectivity index (χ2v) is 6.43. The molecule has 122 valence electrons. The molecular formula is C14H17F3N2O3. The fourth-order valence-electron chi connectivity index (χ4n) is 2.72. The van der Waals surface area contributed by atoms with Crippen molar-refractivity contribution in [2.45, 2.75) is 50.5 Å². The van der Waals surface area contributed by atoms with Gasteiger partial charge in [0.1, 0.15) is 0 Å². The number of aromatic nitrogens is 1. The highest BCUT2D eigenvalue weighted by atomic mass is 19.4. The fourth-order valence-corrected chi connectivity index (χ4v) is 2.72. The quantitative estimate of drug-likeness (QED) is 0.841. The first-order valence-electron chi connectivity index (χ1n) is 7.14. The first-order valence-corrected chi connectivity index (χ1v) is 7.14. The highest BCUT2D eigenvalue weighted by Crippen LogP contribution is 2.41. The van der Waals surface area contributed by atoms with E-state index in [1.807, 2.05) is 0 Å². The van der Waals surface area contributed by atoms with E-state index in [1.165, 1.54) is 20.2 Å². The Morgan fingerprint density at radius 2 is 2.09 bits per heavy atom. The maximum Gasteiger partial charge on any atom is 0.416 e. The summed E-state index contributed by atoms with van der Waals surface area (Å²) in [6.07, 6.45) is -3.49. The number of carbonyl (C=O) groups excluding carboxylic acids is 1. The molecule has 1 unspecified atom stereocenters. The van der Waals surface area contributed by atoms with Crippen molar-refractivity contribution in [3.63, 3.8) is 0 Å². The normalized spacial score (nSPS) is 25.3. The lowest BCUT2D eigenvalue weighted by atomic mass is 10.0. The summed E-state index contributed by atoms with van der Waals surface area (Å²) in [5.41, 5.74) is -0.522. The molecule has 1 aliphatic carbocycles. The molecule has 1 saturated heterocycles. The minimum absolute atomic E-state index is 0.0566. The lowest BCUT2D eigenvalue weighted by molar-refractivity contribution is -0.267. The Bertz CT molecular complexity index is 578. The number of carbonyl (C=O) groups is 1. The van der Waals surface area contributed by atoms with Gasteiger partial charge < -0.3 is 14.1 Å². The van der Waals surface area contributed by atoms with Crippen LogP contribution in [0.15, 0.2) is 10.8 Å². The molecule has 1 amide bonds. The number of halogens is 3. The zero-order valence-corrected chi connectivity index (χ0v) is 12.3. The van der Waals surface area contributed by atoms with E-state index >= 15 is 0 Å². The zero-order chi connectivity index (χ0) is 16.1. The summed E-state index contributed by atoms with van der Waals surface area (Å²) in [4.78, 5) is 17.7. The van der Waals surface area contributed by atoms with Crippen molar-refractivity contribution in [3.8, 4) is 0 Å². The SMILES string of the molecule is CC1(C)CN(C(=O)c2ocnc2C2CC2)CC(C(F)(F)F)O1. The topological polar surface area (TPSA) is 55.6 Å². The van der Waals surface area contributed by atoms with E-state index in [9.17, 15) is 18.0 Å². The maximum absolute atomic E-state index is 13.0. The molecular weight excluding hydrogens is 301 g/mol. The van der Waals surface area contributed by atoms with E-state index in [1.54, 1.807) is 0 Å². The minimum Gasteiger partial charge on any atom is -0.438 e. The minimum atomic E-state index is -4.52. The summed E-state index contributed by atoms with van der Waals surface area (Å²) < 4.78 is 49.2. The van der Waals surface area contributed by atoms with Gasteiger partial charge in [-0.1, -0.05) is 0 Å². The van der Waals surface area contributed by atoms with E-state index in [0.717, 1.165) is 17.7 Å². The summed E-state index contributed by atoms with van der Waals surface area (Å²) >= 11 is 0. The molecule has 1 aromatic rings. The Balaban J connectivity index is 1.83. The number of alkyl halides is 3. The van der Waals surface area contributed by atoms with Crippen molar-refractivity contribution < 1.29 is 27.1 Å². The predicted molar refractivity (Wildman–Crippen MR) is 69.4 cm³/mol. The van der Waals surface area contributed by atoms with Crippen LogP contribution in [0.4, 0.5) is 13.2 Å². The summed E-state index contributed by atoms with van der Waals surface area (Å²) in [5, 5.41) is 0. The molecule has 22 heavy (non-hydrogen) atoms. The molecule has 1 aromatic heterocycles. The molecule has 1 saturated carbocycles. The average Bonchev–Trinajstić information content (AvgIpc) is 3.12. The van der Waals surface area contributed by atoms with Gasteiger partial charge in [-0.3, -0.25) is 4.79 Å². The number of rotatable bonds is 2. The molecule has 0 bridgehead atoms. The Hall–Kier alpha value is -1.57. The molecule has 2 fully saturated rings. The highest BCUT2D eigenvalue weighted by molar-refractivity contribution is 5.93. The molecule has 2 heterocycles. The van der Waals surface area contributed by atoms with Crippen LogP contribution in [0.3, 0.4) is 0 Å². The van der Waals surface area contributed by atoms with E-state index in [4.69, 9.17) is 9.15 Å². The lowest BCUT2D eigenvalue weighted by Crippen LogP contribution is -2.58. The van der Waals surface area contributed by atoms with Gasteiger partial charge in [0.15, 0.2) is 12.5 Å². The summed E-state index contributed by atoms with van der Waals surface area (Å²) in [6.45, 7) is 2.61. The number of hydrogen-bond acceptors (Lipinski definition) is 4. The third-order valence-corrected chi connectivity index (χ3v) is 3.82. The van der Waals surface area contributed by atoms with Gasteiger partial charge in [-0.2, -0.15) is 13.2 Å². The first kappa shape index (κ1) is 15.3. The lowest BCUT2D eigenvalue weighted by Gasteiger charge is -2.42. The average molecular weight is 318 g/mol. The van der Waals surface area contributed by atoms with Crippen LogP contribution in [-0.2, 0) is 4.74 Å². The Morgan fingerprint density at radius 3 is 2.68 bits per heavy atom. The van der Waals surface area contributed by atoms with Gasteiger partial charge >= 0.3 is 6.18 Å². The van der Waals surface area contributed by atoms with Crippen molar-refractivity contribution >= 4 is 5.91 Å². The van der Waals surface area contributed by atoms with Gasteiger partial charge in [0, 0.05) is 12.5 Å². The van der Waals surface area contributed by atoms with Gasteiger partial charge in [0.2, 0.25) is 5.76 Å². The van der Waals surface area contributed by atoms with E-state index in [2.05, 4.69) is 4.98 Å². The molecule has 3 rings (SSSR count). The molecule has 0 spiro atoms. The van der Waals surface area contributed by atoms with Crippen molar-refractivity contribution in [2.24, 2.45) is 0 Å². The van der Waals surface area contributed by atoms with Gasteiger partial charge in [-0.05, 0) is 26.7 Å². The largest absolute Gasteiger partial charge is 0.438 e. The van der Waals surface area contributed by atoms with Gasteiger partial charge in [0.05, 0.1) is 17.8 Å². The number of ether oxygens (including phenoxy) is 1. The van der Waals surface area contributed by atoms with Crippen molar-refractivity contribution in [3.05, 3.63) is 17.8 Å². The molecule has 1 aliphatic heterocycles. The fraction of sp³-hybridized carbons (Fsp3) is 0.714. The van der Waals surface area contributed by atoms with Crippen LogP contribution >= 0.6 is 0 Å². The van der Waals surface area contributed by atoms with Crippen LogP contribution in [-0.4, -0.2) is 46.8 Å². The highest BCUT2D eigenvalue weighted by Gasteiger charge is 2.49. The van der Waals surface area contributed by atoms with Crippen LogP contribution in [0.1, 0.15) is 48.9 Å².